The number of anilines is 2. The van der Waals surface area contributed by atoms with E-state index in [1.807, 2.05) is 0 Å². The molecular weight excluding hydrogens is 513 g/mol. The quantitative estimate of drug-likeness (QED) is 0.285. The minimum Gasteiger partial charge on any atom is -0.383 e. The van der Waals surface area contributed by atoms with Crippen molar-refractivity contribution in [1.82, 2.24) is 15.5 Å². The Kier molecular flexibility index (Phi) is 8.21. The van der Waals surface area contributed by atoms with Crippen LogP contribution in [-0.4, -0.2) is 50.7 Å². The van der Waals surface area contributed by atoms with Crippen LogP contribution in [0.4, 0.5) is 10.8 Å². The van der Waals surface area contributed by atoms with Crippen LogP contribution in [0.3, 0.4) is 0 Å². The zero-order valence-corrected chi connectivity index (χ0v) is 20.1. The monoisotopic (exact) mass is 529 g/mol. The molecule has 0 bridgehead atoms. The summed E-state index contributed by atoms with van der Waals surface area (Å²) in [6, 6.07) is 10.4. The van der Waals surface area contributed by atoms with Crippen molar-refractivity contribution in [2.75, 3.05) is 30.3 Å². The molecule has 0 aliphatic heterocycles. The number of hydrogen-bond donors (Lipinski definition) is 3. The van der Waals surface area contributed by atoms with Crippen LogP contribution in [0.2, 0.25) is 10.0 Å². The maximum Gasteiger partial charge on any atom is 0.291 e. The Hall–Kier alpha value is -2.77. The third-order valence-electron chi connectivity index (χ3n) is 4.04. The van der Waals surface area contributed by atoms with Crippen molar-refractivity contribution in [3.8, 4) is 0 Å². The number of hydrogen-bond acceptors (Lipinski definition) is 8. The number of benzene rings is 2. The second-order valence-electron chi connectivity index (χ2n) is 6.35. The van der Waals surface area contributed by atoms with E-state index in [1.54, 1.807) is 12.1 Å². The van der Waals surface area contributed by atoms with Crippen LogP contribution in [0.25, 0.3) is 0 Å². The molecule has 0 aliphatic rings. The molecule has 10 nitrogen and oxygen atoms in total. The summed E-state index contributed by atoms with van der Waals surface area (Å²) in [7, 11) is -2.70. The third-order valence-corrected chi connectivity index (χ3v) is 7.16. The van der Waals surface area contributed by atoms with Gasteiger partial charge in [-0.3, -0.25) is 19.6 Å². The molecule has 0 spiro atoms. The van der Waals surface area contributed by atoms with Gasteiger partial charge in [-0.2, -0.15) is 8.42 Å². The van der Waals surface area contributed by atoms with Crippen LogP contribution in [0, 0.1) is 0 Å². The number of carbonyl (C=O) groups excluding carboxylic acids is 2. The van der Waals surface area contributed by atoms with Crippen molar-refractivity contribution in [1.29, 1.82) is 0 Å². The topological polar surface area (TPSA) is 139 Å². The summed E-state index contributed by atoms with van der Waals surface area (Å²) in [4.78, 5) is 24.8. The molecule has 0 aliphatic carbocycles. The van der Waals surface area contributed by atoms with Gasteiger partial charge in [-0.05, 0) is 30.3 Å². The van der Waals surface area contributed by atoms with Crippen molar-refractivity contribution in [3.05, 3.63) is 63.6 Å². The molecule has 0 saturated heterocycles. The van der Waals surface area contributed by atoms with E-state index in [0.29, 0.717) is 23.0 Å². The lowest BCUT2D eigenvalue weighted by Crippen LogP contribution is -2.28. The molecule has 1 heterocycles. The standard InChI is InChI=1S/C19H17Cl2N5O5S2/c1-31-9-8-22-16(27)13-4-2-3-5-15(13)26-33(29,30)19-25-24-18(32-19)23-17(28)12-7-6-11(20)10-14(12)21/h2-7,10,26H,8-9H2,1H3,(H,22,27)(H,23,24,28). The molecule has 3 N–H and O–H groups in total. The van der Waals surface area contributed by atoms with Crippen molar-refractivity contribution >= 4 is 67.2 Å². The van der Waals surface area contributed by atoms with Crippen LogP contribution >= 0.6 is 34.5 Å². The van der Waals surface area contributed by atoms with E-state index in [-0.39, 0.29) is 33.5 Å². The van der Waals surface area contributed by atoms with Crippen LogP contribution in [0.5, 0.6) is 0 Å². The van der Waals surface area contributed by atoms with Crippen LogP contribution in [-0.2, 0) is 14.8 Å². The Morgan fingerprint density at radius 2 is 1.82 bits per heavy atom. The first-order chi connectivity index (χ1) is 15.7. The highest BCUT2D eigenvalue weighted by molar-refractivity contribution is 7.94. The molecule has 1 aromatic heterocycles. The zero-order valence-electron chi connectivity index (χ0n) is 17.0. The molecule has 2 amide bonds. The number of methoxy groups -OCH3 is 1. The fraction of sp³-hybridized carbons (Fsp3) is 0.158. The highest BCUT2D eigenvalue weighted by atomic mass is 35.5. The average Bonchev–Trinajstić information content (AvgIpc) is 3.23. The number of nitrogens with one attached hydrogen (secondary N) is 3. The Bertz CT molecular complexity index is 1280. The van der Waals surface area contributed by atoms with Gasteiger partial charge >= 0.3 is 0 Å². The Balaban J connectivity index is 1.75. The Labute approximate surface area is 203 Å². The fourth-order valence-corrected chi connectivity index (χ4v) is 5.00. The van der Waals surface area contributed by atoms with E-state index < -0.39 is 26.2 Å². The van der Waals surface area contributed by atoms with E-state index in [4.69, 9.17) is 27.9 Å². The van der Waals surface area contributed by atoms with Gasteiger partial charge in [-0.25, -0.2) is 0 Å². The van der Waals surface area contributed by atoms with Gasteiger partial charge in [0.1, 0.15) is 0 Å². The molecule has 0 saturated carbocycles. The Morgan fingerprint density at radius 1 is 1.06 bits per heavy atom. The molecule has 0 atom stereocenters. The number of aromatic nitrogens is 2. The summed E-state index contributed by atoms with van der Waals surface area (Å²) in [6.45, 7) is 0.563. The van der Waals surface area contributed by atoms with Gasteiger partial charge in [0.25, 0.3) is 26.2 Å². The van der Waals surface area contributed by atoms with E-state index >= 15 is 0 Å². The molecule has 0 fully saturated rings. The second-order valence-corrected chi connectivity index (χ2v) is 10.0. The zero-order chi connectivity index (χ0) is 24.0. The maximum absolute atomic E-state index is 12.8. The number of rotatable bonds is 9. The summed E-state index contributed by atoms with van der Waals surface area (Å²) in [5, 5.41) is 12.8. The van der Waals surface area contributed by atoms with Crippen molar-refractivity contribution in [3.63, 3.8) is 0 Å². The lowest BCUT2D eigenvalue weighted by molar-refractivity contribution is 0.0937. The second kappa shape index (κ2) is 10.9. The lowest BCUT2D eigenvalue weighted by atomic mass is 10.2. The first kappa shape index (κ1) is 24.9. The minimum absolute atomic E-state index is 0.0566. The number of para-hydroxylation sites is 1. The number of ether oxygens (including phenoxy) is 1. The lowest BCUT2D eigenvalue weighted by Gasteiger charge is -2.11. The third kappa shape index (κ3) is 6.39. The predicted octanol–water partition coefficient (Wildman–Crippen LogP) is 3.27. The maximum atomic E-state index is 12.8. The van der Waals surface area contributed by atoms with Crippen LogP contribution in [0.1, 0.15) is 20.7 Å². The van der Waals surface area contributed by atoms with Crippen molar-refractivity contribution < 1.29 is 22.7 Å². The average molecular weight is 530 g/mol. The molecule has 0 unspecified atom stereocenters. The summed E-state index contributed by atoms with van der Waals surface area (Å²) in [5.41, 5.74) is 0.306. The number of carbonyl (C=O) groups is 2. The molecule has 33 heavy (non-hydrogen) atoms. The number of halogens is 2. The number of amides is 2. The van der Waals surface area contributed by atoms with E-state index in [0.717, 1.165) is 0 Å². The van der Waals surface area contributed by atoms with Gasteiger partial charge in [-0.1, -0.05) is 46.7 Å². The molecule has 174 valence electrons. The van der Waals surface area contributed by atoms with Gasteiger partial charge < -0.3 is 10.1 Å². The molecule has 3 aromatic rings. The number of sulfonamides is 1. The molecule has 0 radical (unpaired) electrons. The highest BCUT2D eigenvalue weighted by Crippen LogP contribution is 2.26. The largest absolute Gasteiger partial charge is 0.383 e. The van der Waals surface area contributed by atoms with Gasteiger partial charge in [-0.15, -0.1) is 10.2 Å². The molecular formula is C19H17Cl2N5O5S2. The van der Waals surface area contributed by atoms with Crippen LogP contribution < -0.4 is 15.4 Å². The number of nitrogens with zero attached hydrogens (tertiary/aromatic N) is 2. The Morgan fingerprint density at radius 3 is 2.55 bits per heavy atom. The van der Waals surface area contributed by atoms with E-state index in [1.165, 1.54) is 37.4 Å². The molecule has 14 heteroatoms. The SMILES string of the molecule is COCCNC(=O)c1ccccc1NS(=O)(=O)c1nnc(NC(=O)c2ccc(Cl)cc2Cl)s1. The predicted molar refractivity (Wildman–Crippen MR) is 126 cm³/mol. The van der Waals surface area contributed by atoms with E-state index in [9.17, 15) is 18.0 Å². The van der Waals surface area contributed by atoms with Gasteiger partial charge in [0.2, 0.25) is 5.13 Å². The summed E-state index contributed by atoms with van der Waals surface area (Å²) in [5.74, 6) is -1.08. The summed E-state index contributed by atoms with van der Waals surface area (Å²) >= 11 is 12.5. The molecule has 2 aromatic carbocycles. The normalized spacial score (nSPS) is 11.1. The van der Waals surface area contributed by atoms with Gasteiger partial charge in [0.05, 0.1) is 28.4 Å². The minimum atomic E-state index is -4.19. The highest BCUT2D eigenvalue weighted by Gasteiger charge is 2.24. The summed E-state index contributed by atoms with van der Waals surface area (Å²) in [6.07, 6.45) is 0. The first-order valence-electron chi connectivity index (χ1n) is 9.20. The van der Waals surface area contributed by atoms with Crippen LogP contribution in [0.15, 0.2) is 46.8 Å². The van der Waals surface area contributed by atoms with Crippen molar-refractivity contribution in [2.24, 2.45) is 0 Å². The fourth-order valence-electron chi connectivity index (χ4n) is 2.53. The van der Waals surface area contributed by atoms with E-state index in [2.05, 4.69) is 25.6 Å². The molecule has 3 rings (SSSR count). The first-order valence-corrected chi connectivity index (χ1v) is 12.3. The van der Waals surface area contributed by atoms with Gasteiger partial charge in [0, 0.05) is 18.7 Å². The van der Waals surface area contributed by atoms with Crippen molar-refractivity contribution in [2.45, 2.75) is 4.34 Å². The summed E-state index contributed by atoms with van der Waals surface area (Å²) < 4.78 is 32.4. The van der Waals surface area contributed by atoms with Gasteiger partial charge in [0.15, 0.2) is 0 Å². The smallest absolute Gasteiger partial charge is 0.291 e.